The third kappa shape index (κ3) is 3.57. The Morgan fingerprint density at radius 2 is 2.00 bits per heavy atom. The van der Waals surface area contributed by atoms with Gasteiger partial charge in [0.2, 0.25) is 5.91 Å². The SMILES string of the molecule is Cc1c(CC(=O)NCCN2CCOCC2)c2ccccc2n1C. The van der Waals surface area contributed by atoms with E-state index in [9.17, 15) is 4.79 Å². The maximum absolute atomic E-state index is 12.3. The van der Waals surface area contributed by atoms with Crippen LogP contribution in [0.3, 0.4) is 0 Å². The number of morpholine rings is 1. The lowest BCUT2D eigenvalue weighted by Crippen LogP contribution is -2.41. The van der Waals surface area contributed by atoms with Gasteiger partial charge in [0.15, 0.2) is 0 Å². The Balaban J connectivity index is 1.58. The molecule has 2 aromatic rings. The van der Waals surface area contributed by atoms with Crippen molar-refractivity contribution in [2.45, 2.75) is 13.3 Å². The number of benzene rings is 1. The van der Waals surface area contributed by atoms with Crippen molar-refractivity contribution >= 4 is 16.8 Å². The third-order valence-electron chi connectivity index (χ3n) is 4.72. The monoisotopic (exact) mass is 315 g/mol. The van der Waals surface area contributed by atoms with Crippen LogP contribution in [0, 0.1) is 6.92 Å². The highest BCUT2D eigenvalue weighted by atomic mass is 16.5. The lowest BCUT2D eigenvalue weighted by atomic mass is 10.1. The van der Waals surface area contributed by atoms with Crippen molar-refractivity contribution in [3.05, 3.63) is 35.5 Å². The first-order valence-corrected chi connectivity index (χ1v) is 8.26. The molecule has 0 saturated carbocycles. The minimum atomic E-state index is 0.0951. The topological polar surface area (TPSA) is 46.5 Å². The molecule has 1 saturated heterocycles. The molecule has 0 unspecified atom stereocenters. The Morgan fingerprint density at radius 1 is 1.26 bits per heavy atom. The van der Waals surface area contributed by atoms with Gasteiger partial charge in [-0.15, -0.1) is 0 Å². The number of amides is 1. The molecule has 2 heterocycles. The molecule has 1 amide bonds. The maximum Gasteiger partial charge on any atom is 0.224 e. The number of para-hydroxylation sites is 1. The fraction of sp³-hybridized carbons (Fsp3) is 0.500. The van der Waals surface area contributed by atoms with Gasteiger partial charge in [-0.3, -0.25) is 9.69 Å². The van der Waals surface area contributed by atoms with E-state index in [1.54, 1.807) is 0 Å². The van der Waals surface area contributed by atoms with Gasteiger partial charge in [-0.1, -0.05) is 18.2 Å². The number of nitrogens with zero attached hydrogens (tertiary/aromatic N) is 2. The molecule has 1 aromatic heterocycles. The van der Waals surface area contributed by atoms with Gasteiger partial charge < -0.3 is 14.6 Å². The first-order chi connectivity index (χ1) is 11.2. The van der Waals surface area contributed by atoms with Crippen molar-refractivity contribution in [3.63, 3.8) is 0 Å². The first-order valence-electron chi connectivity index (χ1n) is 8.26. The molecular formula is C18H25N3O2. The normalized spacial score (nSPS) is 15.9. The number of carbonyl (C=O) groups excluding carboxylic acids is 1. The molecule has 5 heteroatoms. The Bertz CT molecular complexity index is 687. The molecule has 1 aliphatic rings. The van der Waals surface area contributed by atoms with E-state index in [0.717, 1.165) is 44.1 Å². The van der Waals surface area contributed by atoms with Crippen molar-refractivity contribution in [3.8, 4) is 0 Å². The third-order valence-corrected chi connectivity index (χ3v) is 4.72. The van der Waals surface area contributed by atoms with Crippen LogP contribution in [-0.2, 0) is 23.0 Å². The van der Waals surface area contributed by atoms with Crippen molar-refractivity contribution in [1.29, 1.82) is 0 Å². The van der Waals surface area contributed by atoms with Crippen LogP contribution in [0.1, 0.15) is 11.3 Å². The number of rotatable bonds is 5. The number of hydrogen-bond donors (Lipinski definition) is 1. The summed E-state index contributed by atoms with van der Waals surface area (Å²) in [6.07, 6.45) is 0.441. The first kappa shape index (κ1) is 16.0. The summed E-state index contributed by atoms with van der Waals surface area (Å²) in [7, 11) is 2.05. The second-order valence-corrected chi connectivity index (χ2v) is 6.12. The van der Waals surface area contributed by atoms with Crippen molar-refractivity contribution in [2.75, 3.05) is 39.4 Å². The summed E-state index contributed by atoms with van der Waals surface area (Å²) in [5.74, 6) is 0.0951. The average molecular weight is 315 g/mol. The Hall–Kier alpha value is -1.85. The highest BCUT2D eigenvalue weighted by molar-refractivity contribution is 5.90. The highest BCUT2D eigenvalue weighted by Gasteiger charge is 2.15. The molecule has 124 valence electrons. The van der Waals surface area contributed by atoms with Gasteiger partial charge in [-0.25, -0.2) is 0 Å². The quantitative estimate of drug-likeness (QED) is 0.909. The lowest BCUT2D eigenvalue weighted by Gasteiger charge is -2.26. The summed E-state index contributed by atoms with van der Waals surface area (Å²) in [5, 5.41) is 4.23. The standard InChI is InChI=1S/C18H25N3O2/c1-14-16(15-5-3-4-6-17(15)20(14)2)13-18(22)19-7-8-21-9-11-23-12-10-21/h3-6H,7-13H2,1-2H3,(H,19,22). The number of ether oxygens (including phenoxy) is 1. The number of nitrogens with one attached hydrogen (secondary N) is 1. The molecule has 1 aliphatic heterocycles. The molecular weight excluding hydrogens is 290 g/mol. The van der Waals surface area contributed by atoms with Crippen LogP contribution in [0.25, 0.3) is 10.9 Å². The van der Waals surface area contributed by atoms with Crippen LogP contribution in [0.5, 0.6) is 0 Å². The molecule has 1 aromatic carbocycles. The van der Waals surface area contributed by atoms with Gasteiger partial charge in [-0.05, 0) is 18.6 Å². The zero-order valence-corrected chi connectivity index (χ0v) is 14.0. The number of hydrogen-bond acceptors (Lipinski definition) is 3. The fourth-order valence-corrected chi connectivity index (χ4v) is 3.22. The molecule has 0 radical (unpaired) electrons. The van der Waals surface area contributed by atoms with Gasteiger partial charge in [0, 0.05) is 49.8 Å². The predicted molar refractivity (Wildman–Crippen MR) is 91.6 cm³/mol. The van der Waals surface area contributed by atoms with Crippen LogP contribution in [0.4, 0.5) is 0 Å². The van der Waals surface area contributed by atoms with Crippen LogP contribution in [0.2, 0.25) is 0 Å². The van der Waals surface area contributed by atoms with Crippen molar-refractivity contribution in [2.24, 2.45) is 7.05 Å². The average Bonchev–Trinajstić information content (AvgIpc) is 2.81. The Labute approximate surface area is 137 Å². The number of carbonyl (C=O) groups is 1. The smallest absolute Gasteiger partial charge is 0.224 e. The molecule has 0 spiro atoms. The molecule has 23 heavy (non-hydrogen) atoms. The molecule has 1 N–H and O–H groups in total. The van der Waals surface area contributed by atoms with E-state index in [2.05, 4.69) is 40.9 Å². The van der Waals surface area contributed by atoms with Gasteiger partial charge in [0.1, 0.15) is 0 Å². The maximum atomic E-state index is 12.3. The van der Waals surface area contributed by atoms with E-state index in [1.165, 1.54) is 10.9 Å². The second-order valence-electron chi connectivity index (χ2n) is 6.12. The summed E-state index contributed by atoms with van der Waals surface area (Å²) in [5.41, 5.74) is 3.47. The summed E-state index contributed by atoms with van der Waals surface area (Å²) in [4.78, 5) is 14.6. The molecule has 1 fully saturated rings. The summed E-state index contributed by atoms with van der Waals surface area (Å²) in [6.45, 7) is 7.17. The predicted octanol–water partition coefficient (Wildman–Crippen LogP) is 1.48. The zero-order valence-electron chi connectivity index (χ0n) is 14.0. The molecule has 0 bridgehead atoms. The van der Waals surface area contributed by atoms with Gasteiger partial charge in [0.25, 0.3) is 0 Å². The fourth-order valence-electron chi connectivity index (χ4n) is 3.22. The van der Waals surface area contributed by atoms with E-state index in [4.69, 9.17) is 4.74 Å². The lowest BCUT2D eigenvalue weighted by molar-refractivity contribution is -0.120. The Morgan fingerprint density at radius 3 is 2.78 bits per heavy atom. The highest BCUT2D eigenvalue weighted by Crippen LogP contribution is 2.24. The summed E-state index contributed by atoms with van der Waals surface area (Å²) >= 11 is 0. The minimum absolute atomic E-state index is 0.0951. The van der Waals surface area contributed by atoms with E-state index in [0.29, 0.717) is 13.0 Å². The molecule has 3 rings (SSSR count). The summed E-state index contributed by atoms with van der Waals surface area (Å²) < 4.78 is 7.49. The number of aryl methyl sites for hydroxylation is 1. The van der Waals surface area contributed by atoms with Crippen LogP contribution < -0.4 is 5.32 Å². The second kappa shape index (κ2) is 7.15. The van der Waals surface area contributed by atoms with E-state index < -0.39 is 0 Å². The molecule has 0 aliphatic carbocycles. The van der Waals surface area contributed by atoms with E-state index in [-0.39, 0.29) is 5.91 Å². The minimum Gasteiger partial charge on any atom is -0.379 e. The van der Waals surface area contributed by atoms with Crippen LogP contribution in [-0.4, -0.2) is 54.8 Å². The van der Waals surface area contributed by atoms with Gasteiger partial charge in [0.05, 0.1) is 19.6 Å². The Kier molecular flexibility index (Phi) is 4.98. The zero-order chi connectivity index (χ0) is 16.2. The van der Waals surface area contributed by atoms with Gasteiger partial charge in [-0.2, -0.15) is 0 Å². The number of aromatic nitrogens is 1. The van der Waals surface area contributed by atoms with E-state index >= 15 is 0 Å². The van der Waals surface area contributed by atoms with Crippen molar-refractivity contribution in [1.82, 2.24) is 14.8 Å². The summed E-state index contributed by atoms with van der Waals surface area (Å²) in [6, 6.07) is 8.26. The van der Waals surface area contributed by atoms with Crippen molar-refractivity contribution < 1.29 is 9.53 Å². The number of fused-ring (bicyclic) bond motifs is 1. The van der Waals surface area contributed by atoms with E-state index in [1.807, 2.05) is 12.1 Å². The molecule has 0 atom stereocenters. The molecule has 5 nitrogen and oxygen atoms in total. The van der Waals surface area contributed by atoms with Crippen LogP contribution >= 0.6 is 0 Å². The largest absolute Gasteiger partial charge is 0.379 e. The van der Waals surface area contributed by atoms with Gasteiger partial charge >= 0.3 is 0 Å². The van der Waals surface area contributed by atoms with Crippen LogP contribution in [0.15, 0.2) is 24.3 Å².